The van der Waals surface area contributed by atoms with Gasteiger partial charge in [0.1, 0.15) is 5.75 Å². The lowest BCUT2D eigenvalue weighted by Crippen LogP contribution is -2.33. The summed E-state index contributed by atoms with van der Waals surface area (Å²) in [7, 11) is 1.61. The Morgan fingerprint density at radius 1 is 1.47 bits per heavy atom. The monoisotopic (exact) mass is 325 g/mol. The maximum Gasteiger partial charge on any atom is 0.259 e. The van der Waals surface area contributed by atoms with Gasteiger partial charge in [0, 0.05) is 4.47 Å². The lowest BCUT2D eigenvalue weighted by atomic mass is 10.00. The third-order valence-electron chi connectivity index (χ3n) is 3.08. The van der Waals surface area contributed by atoms with Crippen molar-refractivity contribution in [3.8, 4) is 17.2 Å². The van der Waals surface area contributed by atoms with Crippen molar-refractivity contribution in [2.24, 2.45) is 5.73 Å². The molecule has 0 aliphatic carbocycles. The van der Waals surface area contributed by atoms with Crippen molar-refractivity contribution >= 4 is 15.9 Å². The molecule has 1 atom stereocenters. The van der Waals surface area contributed by atoms with Crippen molar-refractivity contribution < 1.29 is 9.26 Å². The Labute approximate surface area is 120 Å². The molecule has 2 rings (SSSR count). The molecule has 0 saturated carbocycles. The molecule has 0 aliphatic heterocycles. The zero-order valence-corrected chi connectivity index (χ0v) is 12.7. The first-order chi connectivity index (χ1) is 8.97. The van der Waals surface area contributed by atoms with Gasteiger partial charge in [0.05, 0.1) is 18.2 Å². The molecule has 2 aromatic rings. The summed E-state index contributed by atoms with van der Waals surface area (Å²) in [5.41, 5.74) is 6.29. The first kappa shape index (κ1) is 14.0. The number of ether oxygens (including phenoxy) is 1. The van der Waals surface area contributed by atoms with E-state index in [1.54, 1.807) is 7.11 Å². The molecule has 5 nitrogen and oxygen atoms in total. The molecule has 0 spiro atoms. The van der Waals surface area contributed by atoms with Crippen LogP contribution in [0.2, 0.25) is 0 Å². The van der Waals surface area contributed by atoms with E-state index < -0.39 is 5.54 Å². The molecule has 1 unspecified atom stereocenters. The zero-order chi connectivity index (χ0) is 14.0. The van der Waals surface area contributed by atoms with Crippen LogP contribution in [0, 0.1) is 0 Å². The van der Waals surface area contributed by atoms with Gasteiger partial charge in [-0.05, 0) is 47.5 Å². The van der Waals surface area contributed by atoms with Gasteiger partial charge < -0.3 is 15.0 Å². The van der Waals surface area contributed by atoms with E-state index in [0.717, 1.165) is 22.2 Å². The Hall–Kier alpha value is -1.40. The molecule has 6 heteroatoms. The lowest BCUT2D eigenvalue weighted by molar-refractivity contribution is 0.378. The second-order valence-corrected chi connectivity index (χ2v) is 5.39. The van der Waals surface area contributed by atoms with E-state index in [1.165, 1.54) is 0 Å². The summed E-state index contributed by atoms with van der Waals surface area (Å²) in [4.78, 5) is 4.37. The van der Waals surface area contributed by atoms with Crippen LogP contribution >= 0.6 is 15.9 Å². The number of methoxy groups -OCH3 is 1. The summed E-state index contributed by atoms with van der Waals surface area (Å²) in [6, 6.07) is 5.56. The molecule has 1 aromatic heterocycles. The molecule has 0 bridgehead atoms. The summed E-state index contributed by atoms with van der Waals surface area (Å²) < 4.78 is 11.3. The Morgan fingerprint density at radius 2 is 2.21 bits per heavy atom. The van der Waals surface area contributed by atoms with Gasteiger partial charge in [0.2, 0.25) is 0 Å². The number of rotatable bonds is 4. The smallest absolute Gasteiger partial charge is 0.259 e. The number of nitrogens with zero attached hydrogens (tertiary/aromatic N) is 2. The topological polar surface area (TPSA) is 74.2 Å². The van der Waals surface area contributed by atoms with Crippen LogP contribution in [0.15, 0.2) is 27.2 Å². The van der Waals surface area contributed by atoms with Crippen LogP contribution in [0.4, 0.5) is 0 Å². The van der Waals surface area contributed by atoms with Crippen LogP contribution in [0.5, 0.6) is 5.75 Å². The average molecular weight is 326 g/mol. The molecular formula is C13H16BrN3O2. The number of aromatic nitrogens is 2. The van der Waals surface area contributed by atoms with E-state index in [-0.39, 0.29) is 0 Å². The van der Waals surface area contributed by atoms with Crippen molar-refractivity contribution in [3.05, 3.63) is 28.5 Å². The number of halogens is 1. The first-order valence-corrected chi connectivity index (χ1v) is 6.74. The Kier molecular flexibility index (Phi) is 3.91. The van der Waals surface area contributed by atoms with Crippen LogP contribution < -0.4 is 10.5 Å². The molecule has 19 heavy (non-hydrogen) atoms. The van der Waals surface area contributed by atoms with Gasteiger partial charge in [0.15, 0.2) is 5.82 Å². The van der Waals surface area contributed by atoms with E-state index in [4.69, 9.17) is 15.0 Å². The highest BCUT2D eigenvalue weighted by molar-refractivity contribution is 9.10. The van der Waals surface area contributed by atoms with Crippen molar-refractivity contribution in [3.63, 3.8) is 0 Å². The van der Waals surface area contributed by atoms with Crippen molar-refractivity contribution in [1.82, 2.24) is 10.1 Å². The second kappa shape index (κ2) is 5.30. The molecular weight excluding hydrogens is 310 g/mol. The number of benzene rings is 1. The first-order valence-electron chi connectivity index (χ1n) is 5.95. The summed E-state index contributed by atoms with van der Waals surface area (Å²) in [5, 5.41) is 3.96. The molecule has 0 amide bonds. The van der Waals surface area contributed by atoms with Gasteiger partial charge in [-0.2, -0.15) is 4.98 Å². The van der Waals surface area contributed by atoms with E-state index >= 15 is 0 Å². The van der Waals surface area contributed by atoms with Crippen LogP contribution in [0.3, 0.4) is 0 Å². The lowest BCUT2D eigenvalue weighted by Gasteiger charge is -2.16. The fourth-order valence-electron chi connectivity index (χ4n) is 1.52. The number of hydrogen-bond donors (Lipinski definition) is 1. The summed E-state index contributed by atoms with van der Waals surface area (Å²) in [5.74, 6) is 1.65. The highest BCUT2D eigenvalue weighted by Gasteiger charge is 2.26. The maximum atomic E-state index is 6.10. The van der Waals surface area contributed by atoms with E-state index in [0.29, 0.717) is 11.7 Å². The molecule has 0 fully saturated rings. The van der Waals surface area contributed by atoms with E-state index in [9.17, 15) is 0 Å². The third-order valence-corrected chi connectivity index (χ3v) is 3.77. The average Bonchev–Trinajstić information content (AvgIpc) is 2.89. The van der Waals surface area contributed by atoms with Gasteiger partial charge >= 0.3 is 0 Å². The minimum Gasteiger partial charge on any atom is -0.497 e. The maximum absolute atomic E-state index is 6.10. The predicted molar refractivity (Wildman–Crippen MR) is 75.8 cm³/mol. The zero-order valence-electron chi connectivity index (χ0n) is 11.1. The van der Waals surface area contributed by atoms with Gasteiger partial charge in [-0.3, -0.25) is 0 Å². The highest BCUT2D eigenvalue weighted by atomic mass is 79.9. The normalized spacial score (nSPS) is 14.2. The van der Waals surface area contributed by atoms with Crippen LogP contribution in [0.1, 0.15) is 26.1 Å². The van der Waals surface area contributed by atoms with Crippen molar-refractivity contribution in [2.45, 2.75) is 25.8 Å². The van der Waals surface area contributed by atoms with E-state index in [1.807, 2.05) is 32.0 Å². The molecule has 0 aliphatic rings. The molecule has 1 aromatic carbocycles. The SMILES string of the molecule is CCC(C)(N)c1noc(-c2cc(OC)ccc2Br)n1. The largest absolute Gasteiger partial charge is 0.497 e. The standard InChI is InChI=1S/C13H16BrN3O2/c1-4-13(2,15)12-16-11(19-17-12)9-7-8(18-3)5-6-10(9)14/h5-7H,4,15H2,1-3H3. The second-order valence-electron chi connectivity index (χ2n) is 4.54. The summed E-state index contributed by atoms with van der Waals surface area (Å²) in [6.45, 7) is 3.86. The van der Waals surface area contributed by atoms with E-state index in [2.05, 4.69) is 26.1 Å². The van der Waals surface area contributed by atoms with Gasteiger partial charge in [-0.25, -0.2) is 0 Å². The Morgan fingerprint density at radius 3 is 2.84 bits per heavy atom. The molecule has 0 saturated heterocycles. The molecule has 102 valence electrons. The van der Waals surface area contributed by atoms with Crippen LogP contribution in [0.25, 0.3) is 11.5 Å². The van der Waals surface area contributed by atoms with Gasteiger partial charge in [-0.1, -0.05) is 12.1 Å². The fourth-order valence-corrected chi connectivity index (χ4v) is 1.93. The minimum absolute atomic E-state index is 0.422. The van der Waals surface area contributed by atoms with Crippen molar-refractivity contribution in [1.29, 1.82) is 0 Å². The highest BCUT2D eigenvalue weighted by Crippen LogP contribution is 2.31. The molecule has 1 heterocycles. The van der Waals surface area contributed by atoms with Crippen molar-refractivity contribution in [2.75, 3.05) is 7.11 Å². The number of hydrogen-bond acceptors (Lipinski definition) is 5. The number of nitrogens with two attached hydrogens (primary N) is 1. The van der Waals surface area contributed by atoms with Gasteiger partial charge in [0.25, 0.3) is 5.89 Å². The quantitative estimate of drug-likeness (QED) is 0.934. The summed E-state index contributed by atoms with van der Waals surface area (Å²) >= 11 is 3.46. The third kappa shape index (κ3) is 2.79. The minimum atomic E-state index is -0.590. The Balaban J connectivity index is 2.43. The summed E-state index contributed by atoms with van der Waals surface area (Å²) in [6.07, 6.45) is 0.727. The predicted octanol–water partition coefficient (Wildman–Crippen LogP) is 3.09. The Bertz CT molecular complexity index is 581. The fraction of sp³-hybridized carbons (Fsp3) is 0.385. The molecule has 0 radical (unpaired) electrons. The van der Waals surface area contributed by atoms with Crippen LogP contribution in [-0.4, -0.2) is 17.3 Å². The molecule has 2 N–H and O–H groups in total. The van der Waals surface area contributed by atoms with Crippen LogP contribution in [-0.2, 0) is 5.54 Å². The van der Waals surface area contributed by atoms with Gasteiger partial charge in [-0.15, -0.1) is 0 Å².